The van der Waals surface area contributed by atoms with Crippen molar-refractivity contribution < 1.29 is 0 Å². The van der Waals surface area contributed by atoms with Gasteiger partial charge in [0, 0.05) is 6.04 Å². The predicted octanol–water partition coefficient (Wildman–Crippen LogP) is 1.66. The molecule has 2 aliphatic rings. The summed E-state index contributed by atoms with van der Waals surface area (Å²) in [6.07, 6.45) is 5.33. The molecule has 2 N–H and O–H groups in total. The molecule has 1 atom stereocenters. The Hall–Kier alpha value is 0.500. The Balaban J connectivity index is 0.000000720. The summed E-state index contributed by atoms with van der Waals surface area (Å²) in [5.74, 6) is 0. The van der Waals surface area contributed by atoms with Crippen LogP contribution in [-0.4, -0.2) is 31.1 Å². The standard InChI is InChI=1S/C9H18N2.2ClH/c1-11-6-4-9(5-7-11)3-2-8(9)10;;/h8H,2-7,10H2,1H3;2*1H. The van der Waals surface area contributed by atoms with Crippen molar-refractivity contribution in [2.75, 3.05) is 20.1 Å². The highest BCUT2D eigenvalue weighted by Gasteiger charge is 2.45. The fourth-order valence-electron chi connectivity index (χ4n) is 2.40. The monoisotopic (exact) mass is 226 g/mol. The van der Waals surface area contributed by atoms with E-state index in [2.05, 4.69) is 11.9 Å². The zero-order valence-electron chi connectivity index (χ0n) is 8.16. The molecule has 1 aliphatic carbocycles. The molecule has 80 valence electrons. The van der Waals surface area contributed by atoms with Gasteiger partial charge in [0.2, 0.25) is 0 Å². The van der Waals surface area contributed by atoms with Crippen LogP contribution in [0.1, 0.15) is 25.7 Å². The van der Waals surface area contributed by atoms with E-state index < -0.39 is 0 Å². The van der Waals surface area contributed by atoms with Crippen LogP contribution in [0.2, 0.25) is 0 Å². The van der Waals surface area contributed by atoms with Crippen molar-refractivity contribution in [1.29, 1.82) is 0 Å². The van der Waals surface area contributed by atoms with Crippen LogP contribution in [0.15, 0.2) is 0 Å². The molecule has 1 spiro atoms. The fourth-order valence-corrected chi connectivity index (χ4v) is 2.40. The second-order valence-electron chi connectivity index (χ2n) is 4.31. The van der Waals surface area contributed by atoms with Crippen molar-refractivity contribution in [2.45, 2.75) is 31.7 Å². The van der Waals surface area contributed by atoms with Gasteiger partial charge in [-0.05, 0) is 51.2 Å². The van der Waals surface area contributed by atoms with E-state index in [-0.39, 0.29) is 24.8 Å². The molecule has 1 saturated heterocycles. The number of piperidine rings is 1. The predicted molar refractivity (Wildman–Crippen MR) is 60.9 cm³/mol. The number of nitrogens with zero attached hydrogens (tertiary/aromatic N) is 1. The van der Waals surface area contributed by atoms with Crippen molar-refractivity contribution in [3.63, 3.8) is 0 Å². The number of hydrogen-bond acceptors (Lipinski definition) is 2. The maximum Gasteiger partial charge on any atom is 0.00967 e. The van der Waals surface area contributed by atoms with Gasteiger partial charge in [-0.25, -0.2) is 0 Å². The fraction of sp³-hybridized carbons (Fsp3) is 1.00. The second kappa shape index (κ2) is 4.83. The van der Waals surface area contributed by atoms with Crippen molar-refractivity contribution in [1.82, 2.24) is 4.90 Å². The van der Waals surface area contributed by atoms with E-state index in [0.29, 0.717) is 11.5 Å². The van der Waals surface area contributed by atoms with Gasteiger partial charge in [0.1, 0.15) is 0 Å². The molecule has 4 heteroatoms. The van der Waals surface area contributed by atoms with Crippen LogP contribution in [0.3, 0.4) is 0 Å². The van der Waals surface area contributed by atoms with E-state index in [1.165, 1.54) is 38.8 Å². The van der Waals surface area contributed by atoms with Crippen molar-refractivity contribution in [3.8, 4) is 0 Å². The van der Waals surface area contributed by atoms with Crippen LogP contribution in [0.5, 0.6) is 0 Å². The molecule has 1 unspecified atom stereocenters. The van der Waals surface area contributed by atoms with Crippen LogP contribution in [0.4, 0.5) is 0 Å². The van der Waals surface area contributed by atoms with E-state index in [0.717, 1.165) is 0 Å². The van der Waals surface area contributed by atoms with Gasteiger partial charge in [-0.1, -0.05) is 0 Å². The lowest BCUT2D eigenvalue weighted by Crippen LogP contribution is -2.55. The van der Waals surface area contributed by atoms with Gasteiger partial charge in [-0.3, -0.25) is 0 Å². The number of halogens is 2. The zero-order chi connectivity index (χ0) is 7.90. The van der Waals surface area contributed by atoms with Crippen LogP contribution in [-0.2, 0) is 0 Å². The molecule has 1 saturated carbocycles. The Labute approximate surface area is 93.1 Å². The van der Waals surface area contributed by atoms with E-state index >= 15 is 0 Å². The molecule has 0 bridgehead atoms. The molecule has 2 nitrogen and oxygen atoms in total. The van der Waals surface area contributed by atoms with Gasteiger partial charge in [0.05, 0.1) is 0 Å². The van der Waals surface area contributed by atoms with Crippen LogP contribution in [0.25, 0.3) is 0 Å². The molecule has 0 aromatic rings. The summed E-state index contributed by atoms with van der Waals surface area (Å²) in [6, 6.07) is 0.524. The Morgan fingerprint density at radius 1 is 1.15 bits per heavy atom. The van der Waals surface area contributed by atoms with Gasteiger partial charge >= 0.3 is 0 Å². The highest BCUT2D eigenvalue weighted by molar-refractivity contribution is 5.85. The minimum Gasteiger partial charge on any atom is -0.327 e. The summed E-state index contributed by atoms with van der Waals surface area (Å²) >= 11 is 0. The summed E-state index contributed by atoms with van der Waals surface area (Å²) in [5, 5.41) is 0. The zero-order valence-corrected chi connectivity index (χ0v) is 9.79. The maximum atomic E-state index is 6.02. The van der Waals surface area contributed by atoms with Crippen LogP contribution in [0, 0.1) is 5.41 Å². The molecular formula is C9H20Cl2N2. The van der Waals surface area contributed by atoms with Crippen LogP contribution < -0.4 is 5.73 Å². The third-order valence-electron chi connectivity index (χ3n) is 3.72. The van der Waals surface area contributed by atoms with Crippen molar-refractivity contribution in [2.24, 2.45) is 11.1 Å². The van der Waals surface area contributed by atoms with E-state index in [1.807, 2.05) is 0 Å². The highest BCUT2D eigenvalue weighted by atomic mass is 35.5. The Morgan fingerprint density at radius 3 is 2.00 bits per heavy atom. The smallest absolute Gasteiger partial charge is 0.00967 e. The lowest BCUT2D eigenvalue weighted by molar-refractivity contribution is 0.0182. The second-order valence-corrected chi connectivity index (χ2v) is 4.31. The minimum atomic E-state index is 0. The SMILES string of the molecule is CN1CCC2(CCC2N)CC1.Cl.Cl. The molecule has 1 heterocycles. The van der Waals surface area contributed by atoms with E-state index in [1.54, 1.807) is 0 Å². The molecule has 0 aromatic heterocycles. The minimum absolute atomic E-state index is 0. The Bertz CT molecular complexity index is 156. The van der Waals surface area contributed by atoms with Crippen molar-refractivity contribution >= 4 is 24.8 Å². The first-order valence-corrected chi connectivity index (χ1v) is 4.67. The molecule has 0 amide bonds. The number of nitrogens with two attached hydrogens (primary N) is 1. The average molecular weight is 227 g/mol. The third-order valence-corrected chi connectivity index (χ3v) is 3.72. The molecule has 0 aromatic carbocycles. The molecule has 0 radical (unpaired) electrons. The largest absolute Gasteiger partial charge is 0.327 e. The van der Waals surface area contributed by atoms with Gasteiger partial charge in [-0.15, -0.1) is 24.8 Å². The maximum absolute atomic E-state index is 6.02. The summed E-state index contributed by atoms with van der Waals surface area (Å²) in [5.41, 5.74) is 6.59. The number of likely N-dealkylation sites (tertiary alicyclic amines) is 1. The highest BCUT2D eigenvalue weighted by Crippen LogP contribution is 2.47. The number of hydrogen-bond donors (Lipinski definition) is 1. The third kappa shape index (κ3) is 2.30. The first kappa shape index (κ1) is 13.5. The van der Waals surface area contributed by atoms with E-state index in [9.17, 15) is 0 Å². The molecule has 2 fully saturated rings. The summed E-state index contributed by atoms with van der Waals surface area (Å²) in [4.78, 5) is 2.41. The number of rotatable bonds is 0. The molecule has 13 heavy (non-hydrogen) atoms. The van der Waals surface area contributed by atoms with Crippen molar-refractivity contribution in [3.05, 3.63) is 0 Å². The van der Waals surface area contributed by atoms with Gasteiger partial charge in [-0.2, -0.15) is 0 Å². The normalized spacial score (nSPS) is 31.4. The first-order chi connectivity index (χ1) is 5.23. The topological polar surface area (TPSA) is 29.3 Å². The Morgan fingerprint density at radius 2 is 1.69 bits per heavy atom. The van der Waals surface area contributed by atoms with Gasteiger partial charge in [0.15, 0.2) is 0 Å². The summed E-state index contributed by atoms with van der Waals surface area (Å²) in [7, 11) is 2.21. The molecule has 1 aliphatic heterocycles. The molecular weight excluding hydrogens is 207 g/mol. The summed E-state index contributed by atoms with van der Waals surface area (Å²) < 4.78 is 0. The van der Waals surface area contributed by atoms with Gasteiger partial charge in [0.25, 0.3) is 0 Å². The first-order valence-electron chi connectivity index (χ1n) is 4.67. The quantitative estimate of drug-likeness (QED) is 0.682. The summed E-state index contributed by atoms with van der Waals surface area (Å²) in [6.45, 7) is 2.52. The molecule has 2 rings (SSSR count). The van der Waals surface area contributed by atoms with Gasteiger partial charge < -0.3 is 10.6 Å². The average Bonchev–Trinajstić information content (AvgIpc) is 2.03. The lowest BCUT2D eigenvalue weighted by atomic mass is 9.60. The lowest BCUT2D eigenvalue weighted by Gasteiger charge is -2.52. The Kier molecular flexibility index (Phi) is 5.02. The van der Waals surface area contributed by atoms with E-state index in [4.69, 9.17) is 5.73 Å². The van der Waals surface area contributed by atoms with Crippen LogP contribution >= 0.6 is 24.8 Å².